The van der Waals surface area contributed by atoms with Crippen molar-refractivity contribution < 1.29 is 38.5 Å². The van der Waals surface area contributed by atoms with Gasteiger partial charge < -0.3 is 9.47 Å². The number of hydrogen-bond acceptors (Lipinski definition) is 10. The van der Waals surface area contributed by atoms with Crippen molar-refractivity contribution in [3.8, 4) is 11.5 Å². The van der Waals surface area contributed by atoms with E-state index in [4.69, 9.17) is 9.47 Å². The number of nitro groups is 2. The van der Waals surface area contributed by atoms with E-state index in [-0.39, 0.29) is 22.5 Å². The van der Waals surface area contributed by atoms with Gasteiger partial charge in [0.1, 0.15) is 11.5 Å². The van der Waals surface area contributed by atoms with Crippen molar-refractivity contribution in [2.24, 2.45) is 0 Å². The van der Waals surface area contributed by atoms with E-state index in [1.807, 2.05) is 0 Å². The number of carbonyl (C=O) groups excluding carboxylic acids is 4. The van der Waals surface area contributed by atoms with Crippen molar-refractivity contribution >= 4 is 35.0 Å². The van der Waals surface area contributed by atoms with Gasteiger partial charge in [-0.3, -0.25) is 61.1 Å². The number of benzene rings is 4. The summed E-state index contributed by atoms with van der Waals surface area (Å²) in [6, 6.07) is 23.1. The number of nitrogens with one attached hydrogen (secondary N) is 4. The highest BCUT2D eigenvalue weighted by atomic mass is 16.6. The highest BCUT2D eigenvalue weighted by Gasteiger charge is 2.13. The van der Waals surface area contributed by atoms with E-state index in [0.29, 0.717) is 35.8 Å². The minimum atomic E-state index is -0.604. The Morgan fingerprint density at radius 3 is 0.907 bits per heavy atom. The second-order valence-electron chi connectivity index (χ2n) is 12.0. The van der Waals surface area contributed by atoms with Gasteiger partial charge >= 0.3 is 0 Å². The van der Waals surface area contributed by atoms with Gasteiger partial charge in [-0.15, -0.1) is 0 Å². The fraction of sp³-hybridized carbons (Fsp3) is 0.263. The van der Waals surface area contributed by atoms with Crippen LogP contribution in [-0.2, 0) is 0 Å². The zero-order valence-electron chi connectivity index (χ0n) is 29.3. The lowest BCUT2D eigenvalue weighted by Crippen LogP contribution is -2.41. The Kier molecular flexibility index (Phi) is 15.4. The molecule has 0 radical (unpaired) electrons. The smallest absolute Gasteiger partial charge is 0.269 e. The number of hydrogen-bond donors (Lipinski definition) is 4. The highest BCUT2D eigenvalue weighted by molar-refractivity contribution is 6.00. The van der Waals surface area contributed by atoms with Crippen molar-refractivity contribution in [3.05, 3.63) is 140 Å². The molecule has 4 aromatic rings. The summed E-state index contributed by atoms with van der Waals surface area (Å²) >= 11 is 0. The predicted molar refractivity (Wildman–Crippen MR) is 197 cm³/mol. The van der Waals surface area contributed by atoms with Crippen molar-refractivity contribution in [1.29, 1.82) is 0 Å². The Labute approximate surface area is 310 Å². The first-order chi connectivity index (χ1) is 26.1. The third-order valence-electron chi connectivity index (χ3n) is 8.07. The monoisotopic (exact) mass is 740 g/mol. The van der Waals surface area contributed by atoms with E-state index >= 15 is 0 Å². The fourth-order valence-corrected chi connectivity index (χ4v) is 5.03. The molecule has 0 aliphatic rings. The third kappa shape index (κ3) is 13.0. The highest BCUT2D eigenvalue weighted by Crippen LogP contribution is 2.17. The lowest BCUT2D eigenvalue weighted by Gasteiger charge is -2.09. The van der Waals surface area contributed by atoms with E-state index in [1.165, 1.54) is 48.5 Å². The number of hydrazine groups is 2. The number of non-ortho nitro benzene ring substituents is 2. The number of nitro benzene ring substituents is 2. The molecule has 0 aliphatic heterocycles. The Morgan fingerprint density at radius 1 is 0.407 bits per heavy atom. The van der Waals surface area contributed by atoms with Crippen LogP contribution in [0.1, 0.15) is 92.8 Å². The topological polar surface area (TPSA) is 221 Å². The molecular formula is C38H40N6O10. The van der Waals surface area contributed by atoms with Crippen LogP contribution in [0.25, 0.3) is 0 Å². The van der Waals surface area contributed by atoms with Crippen LogP contribution in [0.5, 0.6) is 11.5 Å². The standard InChI is InChI=1S/C38H40N6O10/c45-35(27-9-17-31(18-10-27)43(49)50)39-41-37(47)29-13-21-33(22-14-29)53-25-7-5-3-1-2-4-6-8-26-54-34-23-15-30(16-24-34)38(48)42-40-36(46)28-11-19-32(20-12-28)44(51)52/h9-24H,1-8,25-26H2,(H,39,45)(H,40,46)(H,41,47)(H,42,48). The van der Waals surface area contributed by atoms with Crippen LogP contribution in [-0.4, -0.2) is 46.7 Å². The molecule has 4 rings (SSSR count). The summed E-state index contributed by atoms with van der Waals surface area (Å²) in [4.78, 5) is 69.5. The zero-order valence-corrected chi connectivity index (χ0v) is 29.3. The third-order valence-corrected chi connectivity index (χ3v) is 8.07. The summed E-state index contributed by atoms with van der Waals surface area (Å²) in [5, 5.41) is 21.5. The molecule has 0 unspecified atom stereocenters. The minimum Gasteiger partial charge on any atom is -0.494 e. The van der Waals surface area contributed by atoms with Crippen LogP contribution < -0.4 is 31.2 Å². The number of nitrogens with zero attached hydrogens (tertiary/aromatic N) is 2. The maximum Gasteiger partial charge on any atom is 0.269 e. The van der Waals surface area contributed by atoms with E-state index in [2.05, 4.69) is 21.7 Å². The van der Waals surface area contributed by atoms with Gasteiger partial charge in [-0.05, 0) is 85.6 Å². The van der Waals surface area contributed by atoms with E-state index < -0.39 is 33.5 Å². The minimum absolute atomic E-state index is 0.141. The molecule has 0 saturated carbocycles. The zero-order chi connectivity index (χ0) is 38.7. The normalized spacial score (nSPS) is 10.4. The average molecular weight is 741 g/mol. The average Bonchev–Trinajstić information content (AvgIpc) is 3.19. The maximum atomic E-state index is 12.4. The molecule has 4 aromatic carbocycles. The van der Waals surface area contributed by atoms with Gasteiger partial charge in [-0.2, -0.15) is 0 Å². The van der Waals surface area contributed by atoms with E-state index in [0.717, 1.165) is 51.4 Å². The lowest BCUT2D eigenvalue weighted by atomic mass is 10.1. The second-order valence-corrected chi connectivity index (χ2v) is 12.0. The Bertz CT molecular complexity index is 1750. The number of carbonyl (C=O) groups is 4. The summed E-state index contributed by atoms with van der Waals surface area (Å²) in [5.74, 6) is -0.980. The van der Waals surface area contributed by atoms with Gasteiger partial charge in [0.2, 0.25) is 0 Å². The molecule has 16 heteroatoms. The van der Waals surface area contributed by atoms with Gasteiger partial charge in [0.25, 0.3) is 35.0 Å². The van der Waals surface area contributed by atoms with Crippen molar-refractivity contribution in [2.45, 2.75) is 51.4 Å². The molecule has 0 saturated heterocycles. The molecule has 54 heavy (non-hydrogen) atoms. The largest absolute Gasteiger partial charge is 0.494 e. The van der Waals surface area contributed by atoms with Crippen LogP contribution in [0.4, 0.5) is 11.4 Å². The molecular weight excluding hydrogens is 700 g/mol. The van der Waals surface area contributed by atoms with Crippen LogP contribution in [0.2, 0.25) is 0 Å². The summed E-state index contributed by atoms with van der Waals surface area (Å²) in [7, 11) is 0. The SMILES string of the molecule is O=C(NNC(=O)c1ccc([N+](=O)[O-])cc1)c1ccc(OCCCCCCCCCCOc2ccc(C(=O)NNC(=O)c3ccc([N+](=O)[O-])cc3)cc2)cc1. The van der Waals surface area contributed by atoms with Gasteiger partial charge in [-0.25, -0.2) is 0 Å². The Balaban J connectivity index is 0.978. The summed E-state index contributed by atoms with van der Waals surface area (Å²) in [6.07, 6.45) is 8.35. The van der Waals surface area contributed by atoms with Crippen molar-refractivity contribution in [2.75, 3.05) is 13.2 Å². The van der Waals surface area contributed by atoms with Crippen LogP contribution in [0, 0.1) is 20.2 Å². The first-order valence-electron chi connectivity index (χ1n) is 17.3. The molecule has 0 fully saturated rings. The van der Waals surface area contributed by atoms with Crippen LogP contribution >= 0.6 is 0 Å². The molecule has 282 valence electrons. The van der Waals surface area contributed by atoms with Gasteiger partial charge in [0.05, 0.1) is 23.1 Å². The lowest BCUT2D eigenvalue weighted by molar-refractivity contribution is -0.385. The molecule has 0 aliphatic carbocycles. The predicted octanol–water partition coefficient (Wildman–Crippen LogP) is 6.23. The fourth-order valence-electron chi connectivity index (χ4n) is 5.03. The number of amides is 4. The van der Waals surface area contributed by atoms with Crippen molar-refractivity contribution in [1.82, 2.24) is 21.7 Å². The Hall–Kier alpha value is -6.84. The second kappa shape index (κ2) is 20.9. The van der Waals surface area contributed by atoms with Crippen LogP contribution in [0.3, 0.4) is 0 Å². The first kappa shape index (κ1) is 39.9. The van der Waals surface area contributed by atoms with Gasteiger partial charge in [-0.1, -0.05) is 38.5 Å². The van der Waals surface area contributed by atoms with Crippen molar-refractivity contribution in [3.63, 3.8) is 0 Å². The number of rotatable bonds is 19. The number of ether oxygens (including phenoxy) is 2. The van der Waals surface area contributed by atoms with Crippen LogP contribution in [0.15, 0.2) is 97.1 Å². The van der Waals surface area contributed by atoms with E-state index in [9.17, 15) is 39.4 Å². The molecule has 0 aromatic heterocycles. The number of unbranched alkanes of at least 4 members (excludes halogenated alkanes) is 7. The maximum absolute atomic E-state index is 12.4. The summed E-state index contributed by atoms with van der Waals surface area (Å²) in [6.45, 7) is 1.11. The molecule has 0 bridgehead atoms. The summed E-state index contributed by atoms with van der Waals surface area (Å²) in [5.41, 5.74) is 9.89. The van der Waals surface area contributed by atoms with E-state index in [1.54, 1.807) is 48.5 Å². The Morgan fingerprint density at radius 2 is 0.648 bits per heavy atom. The first-order valence-corrected chi connectivity index (χ1v) is 17.3. The molecule has 0 atom stereocenters. The van der Waals surface area contributed by atoms with Gasteiger partial charge in [0, 0.05) is 46.5 Å². The summed E-state index contributed by atoms with van der Waals surface area (Å²) < 4.78 is 11.6. The van der Waals surface area contributed by atoms with Gasteiger partial charge in [0.15, 0.2) is 0 Å². The molecule has 16 nitrogen and oxygen atoms in total. The molecule has 4 amide bonds. The molecule has 4 N–H and O–H groups in total. The molecule has 0 heterocycles. The quantitative estimate of drug-likeness (QED) is 0.0482. The molecule has 0 spiro atoms.